The predicted octanol–water partition coefficient (Wildman–Crippen LogP) is 3.00. The largest absolute Gasteiger partial charge is 0.378 e. The monoisotopic (exact) mass is 364 g/mol. The van der Waals surface area contributed by atoms with Crippen molar-refractivity contribution in [3.05, 3.63) is 65.9 Å². The van der Waals surface area contributed by atoms with Crippen molar-refractivity contribution in [2.24, 2.45) is 0 Å². The number of carbonyl (C=O) groups excluding carboxylic acids is 2. The molecule has 3 rings (SSSR count). The Hall–Kier alpha value is -3.58. The molecule has 138 valence electrons. The van der Waals surface area contributed by atoms with Crippen molar-refractivity contribution in [3.63, 3.8) is 0 Å². The molecule has 0 aliphatic carbocycles. The van der Waals surface area contributed by atoms with Gasteiger partial charge in [-0.3, -0.25) is 14.8 Å². The Kier molecular flexibility index (Phi) is 5.23. The van der Waals surface area contributed by atoms with Crippen LogP contribution in [0.1, 0.15) is 16.1 Å². The molecule has 0 radical (unpaired) electrons. The third-order valence-electron chi connectivity index (χ3n) is 4.07. The number of amides is 2. The topological polar surface area (TPSA) is 97.5 Å². The van der Waals surface area contributed by atoms with Gasteiger partial charge in [0.1, 0.15) is 0 Å². The number of nitrogens with zero attached hydrogens (tertiary/aromatic N) is 1. The summed E-state index contributed by atoms with van der Waals surface area (Å²) in [6.07, 6.45) is 2.76. The van der Waals surface area contributed by atoms with Gasteiger partial charge in [0, 0.05) is 53.7 Å². The lowest BCUT2D eigenvalue weighted by Gasteiger charge is -2.12. The number of H-pyrrole nitrogens is 1. The number of anilines is 2. The van der Waals surface area contributed by atoms with E-state index in [2.05, 4.69) is 10.3 Å². The van der Waals surface area contributed by atoms with Crippen molar-refractivity contribution in [1.82, 2.24) is 10.5 Å². The van der Waals surface area contributed by atoms with Crippen LogP contribution in [0.3, 0.4) is 0 Å². The van der Waals surface area contributed by atoms with Gasteiger partial charge in [-0.2, -0.15) is 0 Å². The van der Waals surface area contributed by atoms with E-state index < -0.39 is 5.91 Å². The summed E-state index contributed by atoms with van der Waals surface area (Å²) in [7, 11) is 3.89. The van der Waals surface area contributed by atoms with Gasteiger partial charge in [-0.1, -0.05) is 0 Å². The van der Waals surface area contributed by atoms with Gasteiger partial charge < -0.3 is 15.2 Å². The molecular formula is C20H20N4O3. The Morgan fingerprint density at radius 3 is 2.48 bits per heavy atom. The van der Waals surface area contributed by atoms with Crippen LogP contribution in [0.4, 0.5) is 11.4 Å². The molecule has 0 aliphatic rings. The second kappa shape index (κ2) is 7.76. The Morgan fingerprint density at radius 1 is 1.07 bits per heavy atom. The molecule has 0 saturated heterocycles. The first-order valence-electron chi connectivity index (χ1n) is 8.30. The van der Waals surface area contributed by atoms with Crippen LogP contribution in [0.2, 0.25) is 0 Å². The van der Waals surface area contributed by atoms with Crippen LogP contribution >= 0.6 is 0 Å². The van der Waals surface area contributed by atoms with Crippen LogP contribution in [-0.2, 0) is 4.79 Å². The molecule has 4 N–H and O–H groups in total. The lowest BCUT2D eigenvalue weighted by molar-refractivity contribution is -0.124. The zero-order chi connectivity index (χ0) is 19.4. The van der Waals surface area contributed by atoms with Crippen molar-refractivity contribution >= 4 is 40.2 Å². The van der Waals surface area contributed by atoms with Gasteiger partial charge in [0.05, 0.1) is 0 Å². The number of rotatable bonds is 5. The lowest BCUT2D eigenvalue weighted by Crippen LogP contribution is -2.14. The van der Waals surface area contributed by atoms with Gasteiger partial charge >= 0.3 is 0 Å². The van der Waals surface area contributed by atoms with Crippen molar-refractivity contribution in [2.75, 3.05) is 24.3 Å². The third-order valence-corrected chi connectivity index (χ3v) is 4.07. The van der Waals surface area contributed by atoms with Gasteiger partial charge in [0.25, 0.3) is 11.8 Å². The van der Waals surface area contributed by atoms with E-state index in [0.29, 0.717) is 16.9 Å². The molecule has 0 saturated carbocycles. The number of fused-ring (bicyclic) bond motifs is 1. The Bertz CT molecular complexity index is 1000. The quantitative estimate of drug-likeness (QED) is 0.318. The molecule has 3 aromatic rings. The van der Waals surface area contributed by atoms with Crippen LogP contribution < -0.4 is 15.7 Å². The van der Waals surface area contributed by atoms with Gasteiger partial charge in [-0.25, -0.2) is 5.48 Å². The fraction of sp³-hybridized carbons (Fsp3) is 0.100. The maximum atomic E-state index is 12.4. The highest BCUT2D eigenvalue weighted by molar-refractivity contribution is 6.05. The fourth-order valence-electron chi connectivity index (χ4n) is 2.64. The zero-order valence-electron chi connectivity index (χ0n) is 15.0. The molecule has 0 bridgehead atoms. The number of aromatic nitrogens is 1. The highest BCUT2D eigenvalue weighted by Gasteiger charge is 2.08. The average molecular weight is 364 g/mol. The van der Waals surface area contributed by atoms with E-state index in [-0.39, 0.29) is 5.91 Å². The number of nitrogens with one attached hydrogen (secondary N) is 3. The highest BCUT2D eigenvalue weighted by atomic mass is 16.5. The van der Waals surface area contributed by atoms with Crippen LogP contribution in [0.5, 0.6) is 0 Å². The van der Waals surface area contributed by atoms with Crippen molar-refractivity contribution < 1.29 is 14.8 Å². The summed E-state index contributed by atoms with van der Waals surface area (Å²) < 4.78 is 0. The highest BCUT2D eigenvalue weighted by Crippen LogP contribution is 2.22. The lowest BCUT2D eigenvalue weighted by atomic mass is 10.1. The van der Waals surface area contributed by atoms with E-state index in [0.717, 1.165) is 16.6 Å². The smallest absolute Gasteiger partial charge is 0.267 e. The Morgan fingerprint density at radius 2 is 1.81 bits per heavy atom. The van der Waals surface area contributed by atoms with E-state index in [1.165, 1.54) is 11.6 Å². The van der Waals surface area contributed by atoms with Gasteiger partial charge in [0.15, 0.2) is 0 Å². The van der Waals surface area contributed by atoms with Crippen molar-refractivity contribution in [2.45, 2.75) is 0 Å². The maximum absolute atomic E-state index is 12.4. The Balaban J connectivity index is 1.75. The van der Waals surface area contributed by atoms with E-state index >= 15 is 0 Å². The standard InChI is InChI=1S/C20H20N4O3/c1-24(2)17-7-3-13(4-8-17)20(26)22-16-5-9-18-14(12-16)11-15(21-18)6-10-19(25)23-27/h3-12,21,27H,1-2H3,(H,22,26)(H,23,25). The predicted molar refractivity (Wildman–Crippen MR) is 106 cm³/mol. The molecule has 0 fully saturated rings. The summed E-state index contributed by atoms with van der Waals surface area (Å²) in [6, 6.07) is 14.7. The summed E-state index contributed by atoms with van der Waals surface area (Å²) in [5, 5.41) is 12.3. The van der Waals surface area contributed by atoms with E-state index in [1.54, 1.807) is 24.3 Å². The number of hydroxylamine groups is 1. The second-order valence-electron chi connectivity index (χ2n) is 6.23. The fourth-order valence-corrected chi connectivity index (χ4v) is 2.64. The third kappa shape index (κ3) is 4.34. The Labute approximate surface area is 156 Å². The van der Waals surface area contributed by atoms with E-state index in [1.807, 2.05) is 49.3 Å². The van der Waals surface area contributed by atoms with E-state index in [4.69, 9.17) is 5.21 Å². The first-order chi connectivity index (χ1) is 13.0. The molecule has 0 aliphatic heterocycles. The second-order valence-corrected chi connectivity index (χ2v) is 6.23. The van der Waals surface area contributed by atoms with Gasteiger partial charge in [0.2, 0.25) is 0 Å². The molecule has 7 heteroatoms. The summed E-state index contributed by atoms with van der Waals surface area (Å²) in [4.78, 5) is 28.6. The SMILES string of the molecule is CN(C)c1ccc(C(=O)Nc2ccc3[nH]c(C=CC(=O)NO)cc3c2)cc1. The first-order valence-corrected chi connectivity index (χ1v) is 8.30. The minimum atomic E-state index is -0.609. The molecule has 7 nitrogen and oxygen atoms in total. The van der Waals surface area contributed by atoms with E-state index in [9.17, 15) is 9.59 Å². The van der Waals surface area contributed by atoms with Gasteiger partial charge in [-0.05, 0) is 54.6 Å². The summed E-state index contributed by atoms with van der Waals surface area (Å²) in [6.45, 7) is 0. The van der Waals surface area contributed by atoms with Crippen molar-refractivity contribution in [1.29, 1.82) is 0 Å². The summed E-state index contributed by atoms with van der Waals surface area (Å²) in [5.74, 6) is -0.795. The molecule has 1 aromatic heterocycles. The minimum absolute atomic E-state index is 0.185. The molecule has 2 amide bonds. The van der Waals surface area contributed by atoms with Crippen LogP contribution in [0, 0.1) is 0 Å². The first kappa shape index (κ1) is 18.2. The number of carbonyl (C=O) groups is 2. The molecule has 0 unspecified atom stereocenters. The van der Waals surface area contributed by atoms with Crippen LogP contribution in [-0.4, -0.2) is 36.1 Å². The summed E-state index contributed by atoms with van der Waals surface area (Å²) in [5.41, 5.74) is 5.38. The van der Waals surface area contributed by atoms with Crippen LogP contribution in [0.25, 0.3) is 17.0 Å². The average Bonchev–Trinajstić information content (AvgIpc) is 3.08. The number of aromatic amines is 1. The molecule has 27 heavy (non-hydrogen) atoms. The number of hydrogen-bond donors (Lipinski definition) is 4. The molecule has 0 atom stereocenters. The number of benzene rings is 2. The number of hydrogen-bond acceptors (Lipinski definition) is 4. The molecular weight excluding hydrogens is 344 g/mol. The van der Waals surface area contributed by atoms with Crippen molar-refractivity contribution in [3.8, 4) is 0 Å². The van der Waals surface area contributed by atoms with Gasteiger partial charge in [-0.15, -0.1) is 0 Å². The minimum Gasteiger partial charge on any atom is -0.378 e. The zero-order valence-corrected chi connectivity index (χ0v) is 15.0. The summed E-state index contributed by atoms with van der Waals surface area (Å²) >= 11 is 0. The van der Waals surface area contributed by atoms with Crippen LogP contribution in [0.15, 0.2) is 54.6 Å². The molecule has 2 aromatic carbocycles. The maximum Gasteiger partial charge on any atom is 0.267 e. The molecule has 0 spiro atoms. The molecule has 1 heterocycles. The normalized spacial score (nSPS) is 10.9.